The predicted octanol–water partition coefficient (Wildman–Crippen LogP) is 4.55. The number of aryl methyl sites for hydroxylation is 1. The summed E-state index contributed by atoms with van der Waals surface area (Å²) in [6.45, 7) is 16.6. The van der Waals surface area contributed by atoms with Gasteiger partial charge < -0.3 is 39.0 Å². The van der Waals surface area contributed by atoms with Gasteiger partial charge in [0.05, 0.1) is 55.7 Å². The van der Waals surface area contributed by atoms with Crippen molar-refractivity contribution >= 4 is 5.91 Å². The number of morpholine rings is 1. The zero-order valence-electron chi connectivity index (χ0n) is 31.0. The van der Waals surface area contributed by atoms with Crippen LogP contribution in [0, 0.1) is 50.7 Å². The Bertz CT molecular complexity index is 1470. The average Bonchev–Trinajstić information content (AvgIpc) is 3.45. The SMILES string of the molecule is C[C@@H]1CC([C@H](O)C(C)(C)O)OC2[C@H]1C1(C)CCC34CC35CC[C@H](OC3CN(C(=O)c6cncn6C)CCO3)C(C)(C)[C@@H]5CCC4[C@]1(C)[C@H]2O. The van der Waals surface area contributed by atoms with Crippen LogP contribution in [0.5, 0.6) is 0 Å². The molecule has 2 spiro atoms. The van der Waals surface area contributed by atoms with Gasteiger partial charge in [-0.3, -0.25) is 4.79 Å². The van der Waals surface area contributed by atoms with Gasteiger partial charge in [-0.05, 0) is 111 Å². The number of fused-ring (bicyclic) bond motifs is 4. The maximum Gasteiger partial charge on any atom is 0.272 e. The van der Waals surface area contributed by atoms with Gasteiger partial charge >= 0.3 is 0 Å². The van der Waals surface area contributed by atoms with Gasteiger partial charge in [-0.25, -0.2) is 4.98 Å². The van der Waals surface area contributed by atoms with E-state index in [1.807, 2.05) is 11.9 Å². The molecule has 10 heteroatoms. The van der Waals surface area contributed by atoms with Gasteiger partial charge in [0, 0.05) is 19.0 Å². The number of hydrogen-bond acceptors (Lipinski definition) is 8. The van der Waals surface area contributed by atoms with E-state index in [0.717, 1.165) is 32.1 Å². The molecule has 0 aromatic carbocycles. The summed E-state index contributed by atoms with van der Waals surface area (Å²) in [6.07, 6.45) is 9.04. The summed E-state index contributed by atoms with van der Waals surface area (Å²) in [6, 6.07) is 0. The minimum absolute atomic E-state index is 0.0348. The van der Waals surface area contributed by atoms with Crippen molar-refractivity contribution in [1.29, 1.82) is 0 Å². The third-order valence-electron chi connectivity index (χ3n) is 16.5. The maximum atomic E-state index is 13.3. The van der Waals surface area contributed by atoms with E-state index in [2.05, 4.69) is 39.6 Å². The van der Waals surface area contributed by atoms with Gasteiger partial charge in [0.2, 0.25) is 0 Å². The molecule has 2 aliphatic heterocycles. The lowest BCUT2D eigenvalue weighted by Gasteiger charge is -2.64. The molecular formula is C39H61N3O7. The first-order valence-corrected chi connectivity index (χ1v) is 19.2. The van der Waals surface area contributed by atoms with Gasteiger partial charge in [0.25, 0.3) is 5.91 Å². The van der Waals surface area contributed by atoms with Crippen molar-refractivity contribution in [2.75, 3.05) is 19.7 Å². The van der Waals surface area contributed by atoms with E-state index in [4.69, 9.17) is 14.2 Å². The summed E-state index contributed by atoms with van der Waals surface area (Å²) in [4.78, 5) is 19.2. The van der Waals surface area contributed by atoms with Gasteiger partial charge in [-0.2, -0.15) is 0 Å². The second-order valence-electron chi connectivity index (χ2n) is 19.2. The lowest BCUT2D eigenvalue weighted by atomic mass is 9.41. The Balaban J connectivity index is 1.01. The summed E-state index contributed by atoms with van der Waals surface area (Å²) in [7, 11) is 1.84. The minimum atomic E-state index is -1.26. The molecule has 3 heterocycles. The zero-order chi connectivity index (χ0) is 35.1. The molecule has 10 nitrogen and oxygen atoms in total. The van der Waals surface area contributed by atoms with E-state index in [1.165, 1.54) is 12.8 Å². The lowest BCUT2D eigenvalue weighted by molar-refractivity contribution is -0.245. The molecule has 7 unspecified atom stereocenters. The van der Waals surface area contributed by atoms with Crippen LogP contribution in [0.25, 0.3) is 0 Å². The number of imidazole rings is 1. The first-order valence-electron chi connectivity index (χ1n) is 19.2. The fourth-order valence-corrected chi connectivity index (χ4v) is 14.0. The number of aliphatic hydroxyl groups is 3. The number of aromatic nitrogens is 2. The summed E-state index contributed by atoms with van der Waals surface area (Å²) >= 11 is 0. The second kappa shape index (κ2) is 11.0. The molecule has 1 amide bonds. The van der Waals surface area contributed by atoms with Gasteiger partial charge in [-0.15, -0.1) is 0 Å². The molecule has 1 aromatic rings. The largest absolute Gasteiger partial charge is 0.390 e. The molecular weight excluding hydrogens is 622 g/mol. The van der Waals surface area contributed by atoms with Crippen LogP contribution in [0.2, 0.25) is 0 Å². The summed E-state index contributed by atoms with van der Waals surface area (Å²) in [5.41, 5.74) is -0.587. The molecule has 5 aliphatic carbocycles. The first-order chi connectivity index (χ1) is 22.9. The quantitative estimate of drug-likeness (QED) is 0.413. The molecule has 3 N–H and O–H groups in total. The molecule has 0 bridgehead atoms. The molecule has 274 valence electrons. The van der Waals surface area contributed by atoms with Gasteiger partial charge in [0.15, 0.2) is 6.29 Å². The number of nitrogens with zero attached hydrogens (tertiary/aromatic N) is 3. The summed E-state index contributed by atoms with van der Waals surface area (Å²) < 4.78 is 21.4. The van der Waals surface area contributed by atoms with E-state index in [1.54, 1.807) is 30.9 Å². The van der Waals surface area contributed by atoms with Crippen LogP contribution in [0.3, 0.4) is 0 Å². The Labute approximate surface area is 292 Å². The Hall–Kier alpha value is -1.56. The highest BCUT2D eigenvalue weighted by atomic mass is 16.7. The Morgan fingerprint density at radius 2 is 1.82 bits per heavy atom. The van der Waals surface area contributed by atoms with E-state index < -0.39 is 30.2 Å². The third kappa shape index (κ3) is 4.52. The molecule has 8 rings (SSSR count). The first kappa shape index (κ1) is 34.5. The van der Waals surface area contributed by atoms with Crippen molar-refractivity contribution in [2.24, 2.45) is 57.8 Å². The Morgan fingerprint density at radius 1 is 1.10 bits per heavy atom. The van der Waals surface area contributed by atoms with Crippen molar-refractivity contribution in [3.05, 3.63) is 18.2 Å². The van der Waals surface area contributed by atoms with Crippen molar-refractivity contribution in [3.63, 3.8) is 0 Å². The molecule has 2 saturated heterocycles. The number of hydrogen-bond donors (Lipinski definition) is 3. The monoisotopic (exact) mass is 683 g/mol. The molecule has 0 radical (unpaired) electrons. The topological polar surface area (TPSA) is 127 Å². The molecule has 7 aliphatic rings. The van der Waals surface area contributed by atoms with Gasteiger partial charge in [0.1, 0.15) is 11.8 Å². The fourth-order valence-electron chi connectivity index (χ4n) is 14.0. The van der Waals surface area contributed by atoms with Crippen molar-refractivity contribution in [1.82, 2.24) is 14.5 Å². The summed E-state index contributed by atoms with van der Waals surface area (Å²) in [5, 5.41) is 34.2. The van der Waals surface area contributed by atoms with Crippen LogP contribution in [-0.2, 0) is 21.3 Å². The van der Waals surface area contributed by atoms with Crippen LogP contribution < -0.4 is 0 Å². The van der Waals surface area contributed by atoms with Crippen molar-refractivity contribution < 1.29 is 34.3 Å². The normalized spacial score (nSPS) is 49.2. The predicted molar refractivity (Wildman–Crippen MR) is 182 cm³/mol. The van der Waals surface area contributed by atoms with Crippen LogP contribution >= 0.6 is 0 Å². The van der Waals surface area contributed by atoms with Crippen LogP contribution in [-0.4, -0.2) is 97.8 Å². The third-order valence-corrected chi connectivity index (χ3v) is 16.5. The molecule has 1 aromatic heterocycles. The molecule has 5 saturated carbocycles. The lowest BCUT2D eigenvalue weighted by Crippen LogP contribution is -2.60. The fraction of sp³-hybridized carbons (Fsp3) is 0.897. The highest BCUT2D eigenvalue weighted by Crippen LogP contribution is 2.89. The van der Waals surface area contributed by atoms with Gasteiger partial charge in [-0.1, -0.05) is 34.6 Å². The zero-order valence-corrected chi connectivity index (χ0v) is 31.0. The Kier molecular flexibility index (Phi) is 7.74. The van der Waals surface area contributed by atoms with E-state index in [-0.39, 0.29) is 57.0 Å². The number of rotatable bonds is 5. The number of ether oxygens (including phenoxy) is 3. The van der Waals surface area contributed by atoms with Crippen LogP contribution in [0.1, 0.15) is 110 Å². The number of aliphatic hydroxyl groups excluding tert-OH is 2. The van der Waals surface area contributed by atoms with E-state index >= 15 is 0 Å². The molecule has 7 fully saturated rings. The standard InChI is InChI=1S/C39H61N3O7/c1-22-17-24(31(43)35(4,5)46)48-30-29(22)36(6)13-14-39-20-38(39)12-11-27(34(2,3)25(38)9-10-26(39)37(36,7)32(30)44)49-28-19-42(15-16-47-28)33(45)23-18-40-21-41(23)8/h18,21-22,24-32,43-44,46H,9-17,19-20H2,1-8H3/t22-,24?,25+,26?,27+,28?,29+,30?,31+,32+,36?,37-,38?,39?/m1/s1. The smallest absolute Gasteiger partial charge is 0.272 e. The number of amides is 1. The highest BCUT2D eigenvalue weighted by Gasteiger charge is 2.84. The van der Waals surface area contributed by atoms with Crippen molar-refractivity contribution in [2.45, 2.75) is 142 Å². The van der Waals surface area contributed by atoms with E-state index in [9.17, 15) is 20.1 Å². The highest BCUT2D eigenvalue weighted by molar-refractivity contribution is 5.92. The Morgan fingerprint density at radius 3 is 2.51 bits per heavy atom. The number of carbonyl (C=O) groups is 1. The molecule has 49 heavy (non-hydrogen) atoms. The maximum absolute atomic E-state index is 13.3. The minimum Gasteiger partial charge on any atom is -0.390 e. The van der Waals surface area contributed by atoms with E-state index in [0.29, 0.717) is 43.6 Å². The summed E-state index contributed by atoms with van der Waals surface area (Å²) in [5.74, 6) is 1.42. The number of carbonyl (C=O) groups excluding carboxylic acids is 1. The van der Waals surface area contributed by atoms with Crippen molar-refractivity contribution in [3.8, 4) is 0 Å². The van der Waals surface area contributed by atoms with Crippen LogP contribution in [0.4, 0.5) is 0 Å². The average molecular weight is 684 g/mol. The second-order valence-corrected chi connectivity index (χ2v) is 19.2. The molecule has 14 atom stereocenters. The van der Waals surface area contributed by atoms with Crippen LogP contribution in [0.15, 0.2) is 12.5 Å².